The van der Waals surface area contributed by atoms with Gasteiger partial charge in [-0.15, -0.1) is 0 Å². The third kappa shape index (κ3) is 2.25. The molecule has 6 aliphatic rings. The molecule has 4 heterocycles. The molecule has 5 nitrogen and oxygen atoms in total. The highest BCUT2D eigenvalue weighted by molar-refractivity contribution is 5.82. The Balaban J connectivity index is 1.24. The van der Waals surface area contributed by atoms with E-state index in [0.717, 1.165) is 31.1 Å². The molecule has 4 fully saturated rings. The van der Waals surface area contributed by atoms with E-state index in [4.69, 9.17) is 9.47 Å². The zero-order chi connectivity index (χ0) is 22.2. The van der Waals surface area contributed by atoms with Gasteiger partial charge in [0, 0.05) is 36.0 Å². The van der Waals surface area contributed by atoms with Crippen LogP contribution in [0.4, 0.5) is 0 Å². The molecule has 170 valence electrons. The first-order valence-electron chi connectivity index (χ1n) is 12.4. The van der Waals surface area contributed by atoms with E-state index < -0.39 is 17.8 Å². The summed E-state index contributed by atoms with van der Waals surface area (Å²) in [5.41, 5.74) is 2.87. The molecule has 2 saturated carbocycles. The van der Waals surface area contributed by atoms with Crippen LogP contribution in [-0.2, 0) is 9.47 Å². The fourth-order valence-electron chi connectivity index (χ4n) is 8.59. The van der Waals surface area contributed by atoms with Gasteiger partial charge in [0.15, 0.2) is 0 Å². The molecule has 0 amide bonds. The van der Waals surface area contributed by atoms with Gasteiger partial charge in [-0.2, -0.15) is 0 Å². The molecule has 9 atom stereocenters. The fraction of sp³-hybridized carbons (Fsp3) is 0.536. The fourth-order valence-corrected chi connectivity index (χ4v) is 8.59. The van der Waals surface area contributed by atoms with Crippen molar-refractivity contribution >= 4 is 10.8 Å². The number of aliphatic hydroxyl groups is 2. The van der Waals surface area contributed by atoms with Gasteiger partial charge in [0.2, 0.25) is 0 Å². The standard InChI is InChI=1S/C28H29NO4/c1-26-6-4-18-11-19-24-25(32-24)21(31)13-27(19)7-8-28(18,33-27)22(26)12-20(30)23(26)16-3-2-15-5-9-29-14-17(15)10-16/h2-5,9-11,14,20-25,30-31H,6-8,12-13H2,1H3/t20-,21+,22-,23?,24-,25?,26+,27-,28?/m1/s1. The predicted molar refractivity (Wildman–Crippen MR) is 123 cm³/mol. The summed E-state index contributed by atoms with van der Waals surface area (Å²) < 4.78 is 13.0. The number of pyridine rings is 1. The number of epoxide rings is 1. The van der Waals surface area contributed by atoms with E-state index in [9.17, 15) is 10.2 Å². The van der Waals surface area contributed by atoms with Crippen LogP contribution in [0, 0.1) is 11.3 Å². The molecule has 1 aromatic heterocycles. The Kier molecular flexibility index (Phi) is 3.48. The Morgan fingerprint density at radius 2 is 2.00 bits per heavy atom. The summed E-state index contributed by atoms with van der Waals surface area (Å²) in [4.78, 5) is 4.31. The quantitative estimate of drug-likeness (QED) is 0.656. The molecule has 3 aliphatic carbocycles. The minimum absolute atomic E-state index is 0.0205. The summed E-state index contributed by atoms with van der Waals surface area (Å²) in [5.74, 6) is 0.291. The number of benzene rings is 1. The Labute approximate surface area is 193 Å². The van der Waals surface area contributed by atoms with Crippen LogP contribution in [0.2, 0.25) is 0 Å². The molecular formula is C28H29NO4. The molecular weight excluding hydrogens is 414 g/mol. The van der Waals surface area contributed by atoms with Crippen LogP contribution in [0.5, 0.6) is 0 Å². The van der Waals surface area contributed by atoms with Crippen LogP contribution >= 0.6 is 0 Å². The van der Waals surface area contributed by atoms with E-state index in [2.05, 4.69) is 42.3 Å². The van der Waals surface area contributed by atoms with Gasteiger partial charge in [0.25, 0.3) is 0 Å². The molecule has 3 unspecified atom stereocenters. The summed E-state index contributed by atoms with van der Waals surface area (Å²) in [7, 11) is 0. The van der Waals surface area contributed by atoms with Gasteiger partial charge in [-0.25, -0.2) is 0 Å². The largest absolute Gasteiger partial charge is 0.392 e. The second-order valence-electron chi connectivity index (χ2n) is 11.6. The maximum absolute atomic E-state index is 11.5. The van der Waals surface area contributed by atoms with Gasteiger partial charge in [0.1, 0.15) is 12.2 Å². The van der Waals surface area contributed by atoms with E-state index in [1.54, 1.807) is 0 Å². The van der Waals surface area contributed by atoms with Crippen LogP contribution in [0.25, 0.3) is 10.8 Å². The molecule has 2 saturated heterocycles. The smallest absolute Gasteiger partial charge is 0.114 e. The summed E-state index contributed by atoms with van der Waals surface area (Å²) in [6, 6.07) is 8.61. The normalized spacial score (nSPS) is 48.9. The second kappa shape index (κ2) is 5.95. The molecule has 5 heteroatoms. The highest BCUT2D eigenvalue weighted by atomic mass is 16.6. The van der Waals surface area contributed by atoms with E-state index >= 15 is 0 Å². The summed E-state index contributed by atoms with van der Waals surface area (Å²) in [5, 5.41) is 24.4. The van der Waals surface area contributed by atoms with Crippen molar-refractivity contribution < 1.29 is 19.7 Å². The molecule has 2 aromatic rings. The Morgan fingerprint density at radius 3 is 2.91 bits per heavy atom. The maximum Gasteiger partial charge on any atom is 0.114 e. The topological polar surface area (TPSA) is 75.1 Å². The average Bonchev–Trinajstić information content (AvgIpc) is 3.49. The predicted octanol–water partition coefficient (Wildman–Crippen LogP) is 3.80. The molecule has 2 bridgehead atoms. The molecule has 8 rings (SSSR count). The highest BCUT2D eigenvalue weighted by Crippen LogP contribution is 2.70. The summed E-state index contributed by atoms with van der Waals surface area (Å²) >= 11 is 0. The van der Waals surface area contributed by atoms with E-state index in [-0.39, 0.29) is 35.1 Å². The van der Waals surface area contributed by atoms with Gasteiger partial charge in [-0.1, -0.05) is 31.2 Å². The zero-order valence-electron chi connectivity index (χ0n) is 18.8. The van der Waals surface area contributed by atoms with Gasteiger partial charge in [-0.3, -0.25) is 4.98 Å². The number of hydrogen-bond acceptors (Lipinski definition) is 5. The van der Waals surface area contributed by atoms with E-state index in [1.165, 1.54) is 22.1 Å². The van der Waals surface area contributed by atoms with Crippen molar-refractivity contribution in [2.75, 3.05) is 0 Å². The first-order valence-corrected chi connectivity index (χ1v) is 12.4. The SMILES string of the molecule is C[C@]12CC=C3C=C4[C@H]5OC5[C@@H](O)C[C@]45CCC3(O5)[C@@H]1C[C@@H](O)C2c1ccc2ccncc2c1. The van der Waals surface area contributed by atoms with Crippen LogP contribution in [-0.4, -0.2) is 50.8 Å². The first-order chi connectivity index (χ1) is 15.9. The average molecular weight is 444 g/mol. The van der Waals surface area contributed by atoms with Crippen molar-refractivity contribution in [3.05, 3.63) is 65.5 Å². The maximum atomic E-state index is 11.5. The lowest BCUT2D eigenvalue weighted by Gasteiger charge is -2.53. The zero-order valence-corrected chi connectivity index (χ0v) is 18.8. The Bertz CT molecular complexity index is 1270. The number of fused-ring (bicyclic) bond motifs is 4. The number of aromatic nitrogens is 1. The third-order valence-corrected chi connectivity index (χ3v) is 10.1. The number of rotatable bonds is 1. The van der Waals surface area contributed by atoms with Crippen molar-refractivity contribution in [3.63, 3.8) is 0 Å². The van der Waals surface area contributed by atoms with Crippen molar-refractivity contribution in [2.24, 2.45) is 11.3 Å². The molecule has 3 aliphatic heterocycles. The van der Waals surface area contributed by atoms with Gasteiger partial charge >= 0.3 is 0 Å². The summed E-state index contributed by atoms with van der Waals surface area (Å²) in [6.07, 6.45) is 11.8. The number of nitrogens with zero attached hydrogens (tertiary/aromatic N) is 1. The monoisotopic (exact) mass is 443 g/mol. The lowest BCUT2D eigenvalue weighted by atomic mass is 9.58. The number of aliphatic hydroxyl groups excluding tert-OH is 2. The van der Waals surface area contributed by atoms with Crippen LogP contribution < -0.4 is 0 Å². The molecule has 2 N–H and O–H groups in total. The third-order valence-electron chi connectivity index (χ3n) is 10.1. The number of allylic oxidation sites excluding steroid dienone is 1. The summed E-state index contributed by atoms with van der Waals surface area (Å²) in [6.45, 7) is 2.36. The molecule has 2 spiro atoms. The van der Waals surface area contributed by atoms with Gasteiger partial charge < -0.3 is 19.7 Å². The van der Waals surface area contributed by atoms with E-state index in [0.29, 0.717) is 6.42 Å². The van der Waals surface area contributed by atoms with E-state index in [1.807, 2.05) is 18.5 Å². The van der Waals surface area contributed by atoms with Crippen molar-refractivity contribution in [1.82, 2.24) is 4.98 Å². The Morgan fingerprint density at radius 1 is 1.09 bits per heavy atom. The lowest BCUT2D eigenvalue weighted by molar-refractivity contribution is -0.141. The van der Waals surface area contributed by atoms with Crippen molar-refractivity contribution in [1.29, 1.82) is 0 Å². The minimum Gasteiger partial charge on any atom is -0.392 e. The van der Waals surface area contributed by atoms with Crippen molar-refractivity contribution in [3.8, 4) is 0 Å². The van der Waals surface area contributed by atoms with Crippen molar-refractivity contribution in [2.45, 2.75) is 80.6 Å². The molecule has 0 radical (unpaired) electrons. The number of hydrogen-bond donors (Lipinski definition) is 2. The van der Waals surface area contributed by atoms with Gasteiger partial charge in [-0.05, 0) is 65.3 Å². The first kappa shape index (κ1) is 19.3. The van der Waals surface area contributed by atoms with Crippen LogP contribution in [0.1, 0.15) is 50.5 Å². The highest BCUT2D eigenvalue weighted by Gasteiger charge is 2.71. The van der Waals surface area contributed by atoms with Crippen LogP contribution in [0.3, 0.4) is 0 Å². The molecule has 33 heavy (non-hydrogen) atoms. The van der Waals surface area contributed by atoms with Gasteiger partial charge in [0.05, 0.1) is 23.4 Å². The number of ether oxygens (including phenoxy) is 2. The minimum atomic E-state index is -0.448. The molecule has 1 aromatic carbocycles. The lowest BCUT2D eigenvalue weighted by Crippen LogP contribution is -2.55. The van der Waals surface area contributed by atoms with Crippen LogP contribution in [0.15, 0.2) is 60.0 Å². The Hall–Kier alpha value is -2.05. The second-order valence-corrected chi connectivity index (χ2v) is 11.6.